The molecule has 1 aromatic carbocycles. The summed E-state index contributed by atoms with van der Waals surface area (Å²) in [6, 6.07) is 5.60. The third-order valence-corrected chi connectivity index (χ3v) is 8.16. The molecule has 2 heterocycles. The number of carboxylic acid groups (broad SMARTS) is 1. The number of nitrogens with one attached hydrogen (secondary N) is 1. The normalized spacial score (nSPS) is 24.3. The SMILES string of the molecule is CN(C)CCNC(=O)C1CC2C=CC=CC2c2c(C3CCCCC3)c3ccc(C(=O)O)cc3n2C1. The molecule has 2 N–H and O–H groups in total. The predicted octanol–water partition coefficient (Wildman–Crippen LogP) is 4.91. The lowest BCUT2D eigenvalue weighted by molar-refractivity contribution is -0.125. The van der Waals surface area contributed by atoms with Crippen molar-refractivity contribution in [2.75, 3.05) is 27.2 Å². The minimum Gasteiger partial charge on any atom is -0.478 e. The van der Waals surface area contributed by atoms with Crippen LogP contribution in [-0.4, -0.2) is 53.6 Å². The van der Waals surface area contributed by atoms with Crippen LogP contribution < -0.4 is 5.32 Å². The van der Waals surface area contributed by atoms with Gasteiger partial charge >= 0.3 is 5.97 Å². The Morgan fingerprint density at radius 1 is 1.11 bits per heavy atom. The number of carbonyl (C=O) groups excluding carboxylic acids is 1. The first-order valence-electron chi connectivity index (χ1n) is 13.1. The number of hydrogen-bond acceptors (Lipinski definition) is 3. The lowest BCUT2D eigenvalue weighted by Crippen LogP contribution is -2.37. The monoisotopic (exact) mass is 475 g/mol. The summed E-state index contributed by atoms with van der Waals surface area (Å²) >= 11 is 0. The Balaban J connectivity index is 1.64. The number of rotatable bonds is 6. The van der Waals surface area contributed by atoms with Gasteiger partial charge in [-0.1, -0.05) is 49.6 Å². The van der Waals surface area contributed by atoms with E-state index in [4.69, 9.17) is 0 Å². The van der Waals surface area contributed by atoms with Gasteiger partial charge in [0.2, 0.25) is 5.91 Å². The van der Waals surface area contributed by atoms with Crippen LogP contribution in [0.5, 0.6) is 0 Å². The van der Waals surface area contributed by atoms with Crippen LogP contribution in [0.25, 0.3) is 10.9 Å². The number of allylic oxidation sites excluding steroid dienone is 4. The first-order chi connectivity index (χ1) is 16.9. The van der Waals surface area contributed by atoms with Gasteiger partial charge in [0, 0.05) is 42.1 Å². The van der Waals surface area contributed by atoms with Gasteiger partial charge in [0.1, 0.15) is 0 Å². The van der Waals surface area contributed by atoms with Crippen molar-refractivity contribution in [2.24, 2.45) is 11.8 Å². The van der Waals surface area contributed by atoms with E-state index in [1.54, 1.807) is 6.07 Å². The lowest BCUT2D eigenvalue weighted by Gasteiger charge is -2.28. The molecule has 2 aromatic rings. The van der Waals surface area contributed by atoms with Crippen molar-refractivity contribution in [3.8, 4) is 0 Å². The summed E-state index contributed by atoms with van der Waals surface area (Å²) in [6.45, 7) is 2.02. The van der Waals surface area contributed by atoms with E-state index in [0.717, 1.165) is 18.5 Å². The van der Waals surface area contributed by atoms with E-state index in [2.05, 4.69) is 39.1 Å². The Hall–Kier alpha value is -2.86. The molecule has 0 bridgehead atoms. The molecule has 6 heteroatoms. The van der Waals surface area contributed by atoms with Gasteiger partial charge in [0.25, 0.3) is 0 Å². The second-order valence-electron chi connectivity index (χ2n) is 10.8. The average molecular weight is 476 g/mol. The lowest BCUT2D eigenvalue weighted by atomic mass is 9.76. The van der Waals surface area contributed by atoms with Crippen molar-refractivity contribution < 1.29 is 14.7 Å². The number of aromatic nitrogens is 1. The molecule has 1 aromatic heterocycles. The van der Waals surface area contributed by atoms with Crippen molar-refractivity contribution >= 4 is 22.8 Å². The second kappa shape index (κ2) is 10.0. The molecule has 186 valence electrons. The molecule has 2 aliphatic carbocycles. The molecule has 1 fully saturated rings. The fourth-order valence-corrected chi connectivity index (χ4v) is 6.44. The van der Waals surface area contributed by atoms with Crippen LogP contribution in [0.15, 0.2) is 42.5 Å². The second-order valence-corrected chi connectivity index (χ2v) is 10.8. The van der Waals surface area contributed by atoms with E-state index in [1.165, 1.54) is 48.7 Å². The van der Waals surface area contributed by atoms with Crippen LogP contribution in [0, 0.1) is 11.8 Å². The largest absolute Gasteiger partial charge is 0.478 e. The molecule has 3 aliphatic rings. The summed E-state index contributed by atoms with van der Waals surface area (Å²) in [5, 5.41) is 14.1. The Morgan fingerprint density at radius 3 is 2.63 bits per heavy atom. The van der Waals surface area contributed by atoms with Crippen LogP contribution in [0.3, 0.4) is 0 Å². The van der Waals surface area contributed by atoms with Crippen molar-refractivity contribution in [3.05, 3.63) is 59.3 Å². The van der Waals surface area contributed by atoms with E-state index < -0.39 is 5.97 Å². The average Bonchev–Trinajstić information content (AvgIpc) is 3.06. The van der Waals surface area contributed by atoms with Gasteiger partial charge in [-0.25, -0.2) is 4.79 Å². The summed E-state index contributed by atoms with van der Waals surface area (Å²) < 4.78 is 2.32. The first kappa shape index (κ1) is 23.9. The summed E-state index contributed by atoms with van der Waals surface area (Å²) in [5.74, 6) is -0.0222. The van der Waals surface area contributed by atoms with Crippen LogP contribution in [0.2, 0.25) is 0 Å². The maximum atomic E-state index is 13.4. The molecular weight excluding hydrogens is 438 g/mol. The van der Waals surface area contributed by atoms with Gasteiger partial charge in [-0.05, 0) is 62.9 Å². The number of carbonyl (C=O) groups is 2. The van der Waals surface area contributed by atoms with E-state index in [9.17, 15) is 14.7 Å². The molecule has 0 saturated heterocycles. The van der Waals surface area contributed by atoms with Gasteiger partial charge in [0.15, 0.2) is 0 Å². The number of benzene rings is 1. The number of carboxylic acids is 1. The fourth-order valence-electron chi connectivity index (χ4n) is 6.44. The quantitative estimate of drug-likeness (QED) is 0.623. The first-order valence-corrected chi connectivity index (χ1v) is 13.1. The summed E-state index contributed by atoms with van der Waals surface area (Å²) in [7, 11) is 4.01. The molecule has 5 rings (SSSR count). The van der Waals surface area contributed by atoms with E-state index >= 15 is 0 Å². The summed E-state index contributed by atoms with van der Waals surface area (Å²) in [5.41, 5.74) is 3.99. The van der Waals surface area contributed by atoms with E-state index in [1.807, 2.05) is 26.2 Å². The van der Waals surface area contributed by atoms with Crippen molar-refractivity contribution in [1.82, 2.24) is 14.8 Å². The van der Waals surface area contributed by atoms with Gasteiger partial charge < -0.3 is 19.9 Å². The standard InChI is InChI=1S/C29H37N3O3/c1-31(2)15-14-30-28(33)22-16-20-10-6-7-11-23(20)27-26(19-8-4-3-5-9-19)24-13-12-21(29(34)35)17-25(24)32(27)18-22/h6-7,10-13,17,19-20,22-23H,3-5,8-9,14-16,18H2,1-2H3,(H,30,33)(H,34,35). The smallest absolute Gasteiger partial charge is 0.335 e. The third-order valence-electron chi connectivity index (χ3n) is 8.16. The molecule has 3 atom stereocenters. The van der Waals surface area contributed by atoms with Crippen molar-refractivity contribution in [3.63, 3.8) is 0 Å². The van der Waals surface area contributed by atoms with Gasteiger partial charge in [-0.3, -0.25) is 4.79 Å². The third kappa shape index (κ3) is 4.68. The zero-order valence-corrected chi connectivity index (χ0v) is 20.9. The number of fused-ring (bicyclic) bond motifs is 5. The maximum absolute atomic E-state index is 13.4. The van der Waals surface area contributed by atoms with Crippen LogP contribution >= 0.6 is 0 Å². The van der Waals surface area contributed by atoms with Gasteiger partial charge in [-0.2, -0.15) is 0 Å². The molecule has 0 spiro atoms. The highest BCUT2D eigenvalue weighted by atomic mass is 16.4. The minimum atomic E-state index is -0.911. The fraction of sp³-hybridized carbons (Fsp3) is 0.517. The van der Waals surface area contributed by atoms with Crippen LogP contribution in [0.1, 0.15) is 72.0 Å². The molecule has 6 nitrogen and oxygen atoms in total. The van der Waals surface area contributed by atoms with E-state index in [-0.39, 0.29) is 23.7 Å². The van der Waals surface area contributed by atoms with Crippen molar-refractivity contribution in [1.29, 1.82) is 0 Å². The highest BCUT2D eigenvalue weighted by Gasteiger charge is 2.38. The van der Waals surface area contributed by atoms with Gasteiger partial charge in [0.05, 0.1) is 11.5 Å². The Labute approximate surface area is 207 Å². The molecule has 35 heavy (non-hydrogen) atoms. The summed E-state index contributed by atoms with van der Waals surface area (Å²) in [4.78, 5) is 27.3. The molecular formula is C29H37N3O3. The predicted molar refractivity (Wildman–Crippen MR) is 139 cm³/mol. The van der Waals surface area contributed by atoms with Crippen LogP contribution in [-0.2, 0) is 11.3 Å². The Morgan fingerprint density at radius 2 is 1.89 bits per heavy atom. The minimum absolute atomic E-state index is 0.0943. The number of amides is 1. The van der Waals surface area contributed by atoms with Crippen molar-refractivity contribution in [2.45, 2.75) is 56.9 Å². The maximum Gasteiger partial charge on any atom is 0.335 e. The highest BCUT2D eigenvalue weighted by molar-refractivity contribution is 5.95. The zero-order valence-electron chi connectivity index (χ0n) is 20.9. The Bertz CT molecular complexity index is 1170. The van der Waals surface area contributed by atoms with Gasteiger partial charge in [-0.15, -0.1) is 0 Å². The summed E-state index contributed by atoms with van der Waals surface area (Å²) in [6.07, 6.45) is 15.7. The molecule has 1 saturated carbocycles. The zero-order chi connectivity index (χ0) is 24.5. The molecule has 0 radical (unpaired) electrons. The topological polar surface area (TPSA) is 74.6 Å². The number of aromatic carboxylic acids is 1. The number of nitrogens with zero attached hydrogens (tertiary/aromatic N) is 2. The number of hydrogen-bond donors (Lipinski definition) is 2. The molecule has 1 aliphatic heterocycles. The highest BCUT2D eigenvalue weighted by Crippen LogP contribution is 2.48. The Kier molecular flexibility index (Phi) is 6.83. The number of likely N-dealkylation sites (N-methyl/N-ethyl adjacent to an activating group) is 1. The van der Waals surface area contributed by atoms with Crippen LogP contribution in [0.4, 0.5) is 0 Å². The van der Waals surface area contributed by atoms with E-state index in [0.29, 0.717) is 24.6 Å². The molecule has 1 amide bonds. The molecule has 3 unspecified atom stereocenters.